The van der Waals surface area contributed by atoms with Gasteiger partial charge in [0.05, 0.1) is 19.9 Å². The third-order valence-corrected chi connectivity index (χ3v) is 3.83. The first-order chi connectivity index (χ1) is 9.67. The number of carbonyl (C=O) groups excluding carboxylic acids is 1. The monoisotopic (exact) mass is 278 g/mol. The standard InChI is InChI=1S/C15H22N2O3/c1-12(15(18)20-3)16-8-10-17(11-9-16)13-6-4-5-7-14(13)19-2/h4-7,12H,8-11H2,1-3H3/t12-/m0/s1. The van der Waals surface area contributed by atoms with E-state index in [4.69, 9.17) is 9.47 Å². The van der Waals surface area contributed by atoms with E-state index in [0.717, 1.165) is 37.6 Å². The van der Waals surface area contributed by atoms with Gasteiger partial charge in [-0.15, -0.1) is 0 Å². The molecule has 1 atom stereocenters. The van der Waals surface area contributed by atoms with Crippen molar-refractivity contribution in [1.29, 1.82) is 0 Å². The van der Waals surface area contributed by atoms with Gasteiger partial charge in [-0.05, 0) is 19.1 Å². The van der Waals surface area contributed by atoms with Crippen molar-refractivity contribution in [3.8, 4) is 5.75 Å². The Morgan fingerprint density at radius 2 is 1.80 bits per heavy atom. The van der Waals surface area contributed by atoms with Gasteiger partial charge in [0, 0.05) is 26.2 Å². The van der Waals surface area contributed by atoms with Crippen molar-refractivity contribution in [3.05, 3.63) is 24.3 Å². The fraction of sp³-hybridized carbons (Fsp3) is 0.533. The largest absolute Gasteiger partial charge is 0.495 e. The number of hydrogen-bond donors (Lipinski definition) is 0. The number of benzene rings is 1. The first-order valence-electron chi connectivity index (χ1n) is 6.87. The first kappa shape index (κ1) is 14.7. The molecule has 1 aliphatic rings. The number of ether oxygens (including phenoxy) is 2. The highest BCUT2D eigenvalue weighted by Gasteiger charge is 2.26. The summed E-state index contributed by atoms with van der Waals surface area (Å²) < 4.78 is 10.2. The predicted octanol–water partition coefficient (Wildman–Crippen LogP) is 1.38. The summed E-state index contributed by atoms with van der Waals surface area (Å²) in [6, 6.07) is 7.84. The molecule has 0 amide bonds. The second kappa shape index (κ2) is 6.61. The molecule has 20 heavy (non-hydrogen) atoms. The molecule has 0 unspecified atom stereocenters. The third kappa shape index (κ3) is 3.04. The number of esters is 1. The number of methoxy groups -OCH3 is 2. The Labute approximate surface area is 120 Å². The Morgan fingerprint density at radius 3 is 2.40 bits per heavy atom. The van der Waals surface area contributed by atoms with Gasteiger partial charge < -0.3 is 14.4 Å². The van der Waals surface area contributed by atoms with Crippen molar-refractivity contribution in [2.45, 2.75) is 13.0 Å². The van der Waals surface area contributed by atoms with Crippen molar-refractivity contribution in [1.82, 2.24) is 4.90 Å². The molecule has 1 fully saturated rings. The zero-order chi connectivity index (χ0) is 14.5. The minimum Gasteiger partial charge on any atom is -0.495 e. The molecule has 1 aromatic carbocycles. The van der Waals surface area contributed by atoms with Gasteiger partial charge in [0.25, 0.3) is 0 Å². The van der Waals surface area contributed by atoms with E-state index in [-0.39, 0.29) is 12.0 Å². The predicted molar refractivity (Wildman–Crippen MR) is 78.3 cm³/mol. The van der Waals surface area contributed by atoms with Crippen LogP contribution in [0.3, 0.4) is 0 Å². The minimum absolute atomic E-state index is 0.171. The van der Waals surface area contributed by atoms with E-state index < -0.39 is 0 Å². The Morgan fingerprint density at radius 1 is 1.15 bits per heavy atom. The van der Waals surface area contributed by atoms with Gasteiger partial charge in [0.1, 0.15) is 11.8 Å². The highest BCUT2D eigenvalue weighted by molar-refractivity contribution is 5.75. The average Bonchev–Trinajstić information content (AvgIpc) is 2.53. The third-order valence-electron chi connectivity index (χ3n) is 3.83. The quantitative estimate of drug-likeness (QED) is 0.778. The lowest BCUT2D eigenvalue weighted by molar-refractivity contribution is -0.146. The Balaban J connectivity index is 1.99. The summed E-state index contributed by atoms with van der Waals surface area (Å²) in [5.41, 5.74) is 1.11. The molecule has 0 spiro atoms. The van der Waals surface area contributed by atoms with E-state index in [1.54, 1.807) is 7.11 Å². The van der Waals surface area contributed by atoms with Gasteiger partial charge in [-0.1, -0.05) is 12.1 Å². The van der Waals surface area contributed by atoms with Gasteiger partial charge >= 0.3 is 5.97 Å². The second-order valence-electron chi connectivity index (χ2n) is 4.89. The van der Waals surface area contributed by atoms with Crippen molar-refractivity contribution >= 4 is 11.7 Å². The molecule has 2 rings (SSSR count). The number of anilines is 1. The van der Waals surface area contributed by atoms with Gasteiger partial charge in [-0.25, -0.2) is 0 Å². The molecule has 1 aromatic rings. The Hall–Kier alpha value is -1.75. The molecule has 0 radical (unpaired) electrons. The number of carbonyl (C=O) groups is 1. The van der Waals surface area contributed by atoms with Crippen LogP contribution in [-0.2, 0) is 9.53 Å². The lowest BCUT2D eigenvalue weighted by Crippen LogP contribution is -2.52. The lowest BCUT2D eigenvalue weighted by atomic mass is 10.2. The second-order valence-corrected chi connectivity index (χ2v) is 4.89. The highest BCUT2D eigenvalue weighted by Crippen LogP contribution is 2.28. The fourth-order valence-corrected chi connectivity index (χ4v) is 2.56. The van der Waals surface area contributed by atoms with E-state index in [1.807, 2.05) is 25.1 Å². The summed E-state index contributed by atoms with van der Waals surface area (Å²) in [5.74, 6) is 0.720. The number of para-hydroxylation sites is 2. The number of rotatable bonds is 4. The van der Waals surface area contributed by atoms with Crippen molar-refractivity contribution < 1.29 is 14.3 Å². The highest BCUT2D eigenvalue weighted by atomic mass is 16.5. The van der Waals surface area contributed by atoms with Crippen LogP contribution in [0.25, 0.3) is 0 Å². The summed E-state index contributed by atoms with van der Waals surface area (Å²) in [4.78, 5) is 16.0. The minimum atomic E-state index is -0.181. The van der Waals surface area contributed by atoms with Crippen LogP contribution in [0.5, 0.6) is 5.75 Å². The van der Waals surface area contributed by atoms with Crippen LogP contribution in [0.2, 0.25) is 0 Å². The molecule has 1 aliphatic heterocycles. The molecule has 0 N–H and O–H groups in total. The van der Waals surface area contributed by atoms with Crippen molar-refractivity contribution in [3.63, 3.8) is 0 Å². The van der Waals surface area contributed by atoms with Gasteiger partial charge in [0.15, 0.2) is 0 Å². The molecule has 5 heteroatoms. The van der Waals surface area contributed by atoms with Crippen LogP contribution in [0, 0.1) is 0 Å². The summed E-state index contributed by atoms with van der Waals surface area (Å²) in [6.07, 6.45) is 0. The molecule has 110 valence electrons. The SMILES string of the molecule is COC(=O)[C@H](C)N1CCN(c2ccccc2OC)CC1. The number of nitrogens with zero attached hydrogens (tertiary/aromatic N) is 2. The van der Waals surface area contributed by atoms with Crippen LogP contribution in [-0.4, -0.2) is 57.3 Å². The van der Waals surface area contributed by atoms with Crippen LogP contribution >= 0.6 is 0 Å². The summed E-state index contributed by atoms with van der Waals surface area (Å²) in [5, 5.41) is 0. The lowest BCUT2D eigenvalue weighted by Gasteiger charge is -2.38. The van der Waals surface area contributed by atoms with E-state index in [1.165, 1.54) is 7.11 Å². The smallest absolute Gasteiger partial charge is 0.322 e. The Bertz CT molecular complexity index is 456. The van der Waals surface area contributed by atoms with E-state index in [9.17, 15) is 4.79 Å². The van der Waals surface area contributed by atoms with Crippen LogP contribution in [0.15, 0.2) is 24.3 Å². The van der Waals surface area contributed by atoms with Gasteiger partial charge in [-0.3, -0.25) is 9.69 Å². The van der Waals surface area contributed by atoms with Crippen LogP contribution < -0.4 is 9.64 Å². The topological polar surface area (TPSA) is 42.0 Å². The molecular weight excluding hydrogens is 256 g/mol. The summed E-state index contributed by atoms with van der Waals surface area (Å²) in [7, 11) is 3.12. The molecule has 0 aliphatic carbocycles. The maximum atomic E-state index is 11.6. The maximum Gasteiger partial charge on any atom is 0.322 e. The average molecular weight is 278 g/mol. The zero-order valence-corrected chi connectivity index (χ0v) is 12.3. The molecular formula is C15H22N2O3. The molecule has 5 nitrogen and oxygen atoms in total. The molecule has 0 bridgehead atoms. The normalized spacial score (nSPS) is 17.6. The molecule has 1 heterocycles. The fourth-order valence-electron chi connectivity index (χ4n) is 2.56. The number of piperazine rings is 1. The van der Waals surface area contributed by atoms with Gasteiger partial charge in [0.2, 0.25) is 0 Å². The Kier molecular flexibility index (Phi) is 4.84. The first-order valence-corrected chi connectivity index (χ1v) is 6.87. The van der Waals surface area contributed by atoms with Crippen molar-refractivity contribution in [2.24, 2.45) is 0 Å². The van der Waals surface area contributed by atoms with E-state index >= 15 is 0 Å². The number of hydrogen-bond acceptors (Lipinski definition) is 5. The van der Waals surface area contributed by atoms with Crippen LogP contribution in [0.4, 0.5) is 5.69 Å². The maximum absolute atomic E-state index is 11.6. The van der Waals surface area contributed by atoms with Crippen LogP contribution in [0.1, 0.15) is 6.92 Å². The molecule has 1 saturated heterocycles. The summed E-state index contributed by atoms with van der Waals surface area (Å²) in [6.45, 7) is 5.33. The van der Waals surface area contributed by atoms with Gasteiger partial charge in [-0.2, -0.15) is 0 Å². The molecule has 0 aromatic heterocycles. The molecule has 0 saturated carbocycles. The van der Waals surface area contributed by atoms with E-state index in [2.05, 4.69) is 15.9 Å². The summed E-state index contributed by atoms with van der Waals surface area (Å²) >= 11 is 0. The van der Waals surface area contributed by atoms with E-state index in [0.29, 0.717) is 0 Å². The van der Waals surface area contributed by atoms with Crippen molar-refractivity contribution in [2.75, 3.05) is 45.3 Å². The zero-order valence-electron chi connectivity index (χ0n) is 12.3.